The lowest BCUT2D eigenvalue weighted by Gasteiger charge is -2.59. The zero-order valence-corrected chi connectivity index (χ0v) is 18.2. The summed E-state index contributed by atoms with van der Waals surface area (Å²) in [6.45, 7) is 4.70. The van der Waals surface area contributed by atoms with Gasteiger partial charge in [0, 0.05) is 18.9 Å². The maximum Gasteiger partial charge on any atom is 0.227 e. The molecule has 0 radical (unpaired) electrons. The van der Waals surface area contributed by atoms with E-state index in [0.717, 1.165) is 29.2 Å². The molecule has 5 heteroatoms. The summed E-state index contributed by atoms with van der Waals surface area (Å²) in [5, 5.41) is 3.29. The Morgan fingerprint density at radius 1 is 1.10 bits per heavy atom. The van der Waals surface area contributed by atoms with E-state index in [9.17, 15) is 9.59 Å². The number of hydrogen-bond donors (Lipinski definition) is 1. The molecule has 0 unspecified atom stereocenters. The molecule has 4 aliphatic carbocycles. The molecule has 1 aromatic carbocycles. The zero-order chi connectivity index (χ0) is 20.9. The van der Waals surface area contributed by atoms with Crippen LogP contribution >= 0.6 is 0 Å². The number of carbonyl (C=O) groups excluding carboxylic acids is 2. The largest absolute Gasteiger partial charge is 0.487 e. The van der Waals surface area contributed by atoms with E-state index in [2.05, 4.69) is 12.2 Å². The van der Waals surface area contributed by atoms with Crippen LogP contribution in [0, 0.1) is 23.2 Å². The standard InChI is InChI=1S/C25H34N2O3/c1-16-15-27(21-5-3-4-6-22(21)30-16)24(29)8-7-23(28)26-17(2)25-12-18-9-19(13-25)11-20(10-18)14-25/h3-6,16-20H,7-15H2,1-2H3,(H,26,28)/t16-,17+,18?,19?,20?,25?/m1/s1. The molecule has 4 saturated carbocycles. The summed E-state index contributed by atoms with van der Waals surface area (Å²) in [6, 6.07) is 7.84. The first-order chi connectivity index (χ1) is 14.4. The van der Waals surface area contributed by atoms with Crippen molar-refractivity contribution in [2.24, 2.45) is 23.2 Å². The molecular formula is C25H34N2O3. The molecule has 0 saturated heterocycles. The summed E-state index contributed by atoms with van der Waals surface area (Å²) in [4.78, 5) is 27.4. The van der Waals surface area contributed by atoms with Gasteiger partial charge in [0.25, 0.3) is 0 Å². The summed E-state index contributed by atoms with van der Waals surface area (Å²) in [5.41, 5.74) is 1.11. The maximum atomic E-state index is 12.9. The molecule has 1 aromatic rings. The Balaban J connectivity index is 1.17. The number of fused-ring (bicyclic) bond motifs is 1. The molecule has 1 heterocycles. The lowest BCUT2D eigenvalue weighted by Crippen LogP contribution is -2.55. The number of benzene rings is 1. The van der Waals surface area contributed by atoms with E-state index in [4.69, 9.17) is 4.74 Å². The second-order valence-electron chi connectivity index (χ2n) is 10.5. The molecule has 2 amide bonds. The van der Waals surface area contributed by atoms with E-state index in [1.807, 2.05) is 31.2 Å². The van der Waals surface area contributed by atoms with Crippen molar-refractivity contribution < 1.29 is 14.3 Å². The predicted molar refractivity (Wildman–Crippen MR) is 116 cm³/mol. The number of rotatable bonds is 5. The fourth-order valence-corrected chi connectivity index (χ4v) is 7.16. The summed E-state index contributed by atoms with van der Waals surface area (Å²) in [6.07, 6.45) is 8.51. The topological polar surface area (TPSA) is 58.6 Å². The first kappa shape index (κ1) is 19.9. The summed E-state index contributed by atoms with van der Waals surface area (Å²) in [5.74, 6) is 3.38. The van der Waals surface area contributed by atoms with Crippen molar-refractivity contribution in [1.29, 1.82) is 0 Å². The van der Waals surface area contributed by atoms with Gasteiger partial charge in [-0.1, -0.05) is 12.1 Å². The molecule has 0 spiro atoms. The first-order valence-corrected chi connectivity index (χ1v) is 11.8. The second kappa shape index (κ2) is 7.58. The van der Waals surface area contributed by atoms with Crippen LogP contribution in [0.2, 0.25) is 0 Å². The molecule has 1 N–H and O–H groups in total. The van der Waals surface area contributed by atoms with Crippen LogP contribution in [0.4, 0.5) is 5.69 Å². The minimum Gasteiger partial charge on any atom is -0.487 e. The van der Waals surface area contributed by atoms with Crippen molar-refractivity contribution >= 4 is 17.5 Å². The molecule has 4 bridgehead atoms. The molecule has 1 aliphatic heterocycles. The van der Waals surface area contributed by atoms with E-state index in [-0.39, 0.29) is 36.8 Å². The quantitative estimate of drug-likeness (QED) is 0.787. The van der Waals surface area contributed by atoms with Crippen LogP contribution in [-0.4, -0.2) is 30.5 Å². The Hall–Kier alpha value is -2.04. The van der Waals surface area contributed by atoms with E-state index in [1.165, 1.54) is 38.5 Å². The van der Waals surface area contributed by atoms with Gasteiger partial charge in [0.05, 0.1) is 12.2 Å². The molecule has 4 fully saturated rings. The molecule has 6 rings (SSSR count). The number of ether oxygens (including phenoxy) is 1. The van der Waals surface area contributed by atoms with Crippen LogP contribution in [0.3, 0.4) is 0 Å². The van der Waals surface area contributed by atoms with Crippen LogP contribution < -0.4 is 15.0 Å². The summed E-state index contributed by atoms with van der Waals surface area (Å²) >= 11 is 0. The third-order valence-corrected chi connectivity index (χ3v) is 8.17. The van der Waals surface area contributed by atoms with Gasteiger partial charge in [0.1, 0.15) is 11.9 Å². The van der Waals surface area contributed by atoms with Gasteiger partial charge >= 0.3 is 0 Å². The van der Waals surface area contributed by atoms with Gasteiger partial charge in [0.2, 0.25) is 11.8 Å². The molecule has 5 aliphatic rings. The van der Waals surface area contributed by atoms with E-state index in [1.54, 1.807) is 4.90 Å². The molecule has 2 atom stereocenters. The average molecular weight is 411 g/mol. The first-order valence-electron chi connectivity index (χ1n) is 11.8. The monoisotopic (exact) mass is 410 g/mol. The Labute approximate surface area is 179 Å². The van der Waals surface area contributed by atoms with Crippen molar-refractivity contribution in [3.05, 3.63) is 24.3 Å². The van der Waals surface area contributed by atoms with Crippen LogP contribution in [-0.2, 0) is 9.59 Å². The highest BCUT2D eigenvalue weighted by Gasteiger charge is 2.53. The molecule has 162 valence electrons. The van der Waals surface area contributed by atoms with Gasteiger partial charge < -0.3 is 15.0 Å². The number of amides is 2. The van der Waals surface area contributed by atoms with Crippen LogP contribution in [0.1, 0.15) is 65.2 Å². The molecule has 5 nitrogen and oxygen atoms in total. The minimum atomic E-state index is -0.0474. The van der Waals surface area contributed by atoms with Crippen LogP contribution in [0.25, 0.3) is 0 Å². The van der Waals surface area contributed by atoms with E-state index < -0.39 is 0 Å². The van der Waals surface area contributed by atoms with Gasteiger partial charge in [-0.05, 0) is 87.7 Å². The number of nitrogens with zero attached hydrogens (tertiary/aromatic N) is 1. The van der Waals surface area contributed by atoms with Gasteiger partial charge in [-0.2, -0.15) is 0 Å². The smallest absolute Gasteiger partial charge is 0.227 e. The van der Waals surface area contributed by atoms with Crippen LogP contribution in [0.5, 0.6) is 5.75 Å². The Kier molecular flexibility index (Phi) is 5.03. The Bertz CT molecular complexity index is 800. The van der Waals surface area contributed by atoms with Crippen molar-refractivity contribution in [2.75, 3.05) is 11.4 Å². The van der Waals surface area contributed by atoms with Crippen molar-refractivity contribution in [2.45, 2.75) is 77.4 Å². The number of para-hydroxylation sites is 2. The lowest BCUT2D eigenvalue weighted by molar-refractivity contribution is -0.128. The van der Waals surface area contributed by atoms with Crippen molar-refractivity contribution in [3.63, 3.8) is 0 Å². The van der Waals surface area contributed by atoms with E-state index in [0.29, 0.717) is 12.0 Å². The minimum absolute atomic E-state index is 0.00444. The van der Waals surface area contributed by atoms with Gasteiger partial charge in [0.15, 0.2) is 0 Å². The number of hydrogen-bond acceptors (Lipinski definition) is 3. The Morgan fingerprint density at radius 3 is 2.40 bits per heavy atom. The van der Waals surface area contributed by atoms with Crippen LogP contribution in [0.15, 0.2) is 24.3 Å². The highest BCUT2D eigenvalue weighted by molar-refractivity contribution is 5.97. The second-order valence-corrected chi connectivity index (χ2v) is 10.5. The average Bonchev–Trinajstić information content (AvgIpc) is 2.70. The third-order valence-electron chi connectivity index (χ3n) is 8.17. The fourth-order valence-electron chi connectivity index (χ4n) is 7.16. The maximum absolute atomic E-state index is 12.9. The molecule has 0 aromatic heterocycles. The van der Waals surface area contributed by atoms with Gasteiger partial charge in [-0.25, -0.2) is 0 Å². The highest BCUT2D eigenvalue weighted by Crippen LogP contribution is 2.61. The number of carbonyl (C=O) groups is 2. The highest BCUT2D eigenvalue weighted by atomic mass is 16.5. The normalized spacial score (nSPS) is 34.8. The van der Waals surface area contributed by atoms with Gasteiger partial charge in [-0.3, -0.25) is 9.59 Å². The predicted octanol–water partition coefficient (Wildman–Crippen LogP) is 4.30. The molecular weight excluding hydrogens is 376 g/mol. The SMILES string of the molecule is C[C@@H]1CN(C(=O)CCC(=O)N[C@@H](C)C23CC4CC(CC(C4)C2)C3)c2ccccc2O1. The van der Waals surface area contributed by atoms with Crippen molar-refractivity contribution in [1.82, 2.24) is 5.32 Å². The number of nitrogens with one attached hydrogen (secondary N) is 1. The Morgan fingerprint density at radius 2 is 1.73 bits per heavy atom. The molecule has 30 heavy (non-hydrogen) atoms. The summed E-state index contributed by atoms with van der Waals surface area (Å²) < 4.78 is 5.83. The van der Waals surface area contributed by atoms with Gasteiger partial charge in [-0.15, -0.1) is 0 Å². The lowest BCUT2D eigenvalue weighted by atomic mass is 9.48. The fraction of sp³-hybridized carbons (Fsp3) is 0.680. The zero-order valence-electron chi connectivity index (χ0n) is 18.2. The number of anilines is 1. The van der Waals surface area contributed by atoms with E-state index >= 15 is 0 Å². The summed E-state index contributed by atoms with van der Waals surface area (Å²) in [7, 11) is 0. The third kappa shape index (κ3) is 3.61. The van der Waals surface area contributed by atoms with Crippen molar-refractivity contribution in [3.8, 4) is 5.75 Å².